The number of hydrogen-bond donors (Lipinski definition) is 0. The molecule has 0 unspecified atom stereocenters. The van der Waals surface area contributed by atoms with Gasteiger partial charge in [-0.3, -0.25) is 9.48 Å². The number of aryl methyl sites for hydroxylation is 4. The van der Waals surface area contributed by atoms with Crippen LogP contribution in [-0.2, 0) is 13.7 Å². The highest BCUT2D eigenvalue weighted by Gasteiger charge is 2.10. The smallest absolute Gasteiger partial charge is 0.189 e. The van der Waals surface area contributed by atoms with Gasteiger partial charge in [0, 0.05) is 23.8 Å². The Hall–Kier alpha value is -3.05. The first-order chi connectivity index (χ1) is 14.3. The van der Waals surface area contributed by atoms with Crippen molar-refractivity contribution < 1.29 is 14.3 Å². The molecule has 0 spiro atoms. The molecule has 0 saturated heterocycles. The molecule has 0 aliphatic heterocycles. The quantitative estimate of drug-likeness (QED) is 0.372. The summed E-state index contributed by atoms with van der Waals surface area (Å²) < 4.78 is 13.1. The van der Waals surface area contributed by atoms with Crippen molar-refractivity contribution in [3.8, 4) is 11.5 Å². The molecule has 0 atom stereocenters. The Morgan fingerprint density at radius 1 is 1.17 bits per heavy atom. The second kappa shape index (κ2) is 9.18. The predicted molar refractivity (Wildman–Crippen MR) is 120 cm³/mol. The fourth-order valence-electron chi connectivity index (χ4n) is 3.27. The molecule has 1 aromatic heterocycles. The van der Waals surface area contributed by atoms with Crippen molar-refractivity contribution in [1.29, 1.82) is 0 Å². The van der Waals surface area contributed by atoms with E-state index in [-0.39, 0.29) is 5.78 Å². The monoisotopic (exact) mass is 424 g/mol. The fourth-order valence-corrected chi connectivity index (χ4v) is 3.38. The molecule has 2 aromatic carbocycles. The maximum Gasteiger partial charge on any atom is 0.189 e. The van der Waals surface area contributed by atoms with E-state index < -0.39 is 0 Å². The van der Waals surface area contributed by atoms with Crippen molar-refractivity contribution in [3.05, 3.63) is 81.1 Å². The zero-order chi connectivity index (χ0) is 21.8. The SMILES string of the molecule is COc1ccc(/C=C/C(=O)c2cn(C)nc2C)cc1COc1cc(C)c(Cl)c(C)c1. The number of benzene rings is 2. The summed E-state index contributed by atoms with van der Waals surface area (Å²) in [6, 6.07) is 9.56. The van der Waals surface area contributed by atoms with Crippen LogP contribution in [0.1, 0.15) is 38.3 Å². The minimum atomic E-state index is -0.0821. The van der Waals surface area contributed by atoms with Crippen molar-refractivity contribution in [3.63, 3.8) is 0 Å². The topological polar surface area (TPSA) is 53.4 Å². The van der Waals surface area contributed by atoms with E-state index in [1.165, 1.54) is 0 Å². The van der Waals surface area contributed by atoms with E-state index in [1.54, 1.807) is 37.2 Å². The van der Waals surface area contributed by atoms with Crippen LogP contribution in [0.15, 0.2) is 42.6 Å². The molecule has 0 saturated carbocycles. The van der Waals surface area contributed by atoms with Crippen LogP contribution in [0.3, 0.4) is 0 Å². The van der Waals surface area contributed by atoms with Crippen molar-refractivity contribution in [1.82, 2.24) is 9.78 Å². The van der Waals surface area contributed by atoms with E-state index in [0.29, 0.717) is 17.9 Å². The minimum Gasteiger partial charge on any atom is -0.496 e. The summed E-state index contributed by atoms with van der Waals surface area (Å²) >= 11 is 6.23. The highest BCUT2D eigenvalue weighted by molar-refractivity contribution is 6.32. The van der Waals surface area contributed by atoms with Gasteiger partial charge in [-0.05, 0) is 67.8 Å². The van der Waals surface area contributed by atoms with Crippen LogP contribution < -0.4 is 9.47 Å². The van der Waals surface area contributed by atoms with Gasteiger partial charge in [-0.15, -0.1) is 0 Å². The Kier molecular flexibility index (Phi) is 6.63. The number of halogens is 1. The van der Waals surface area contributed by atoms with Gasteiger partial charge < -0.3 is 9.47 Å². The Morgan fingerprint density at radius 2 is 1.87 bits per heavy atom. The number of methoxy groups -OCH3 is 1. The van der Waals surface area contributed by atoms with Crippen LogP contribution in [0.25, 0.3) is 6.08 Å². The van der Waals surface area contributed by atoms with Gasteiger partial charge in [0.1, 0.15) is 18.1 Å². The normalized spacial score (nSPS) is 11.1. The van der Waals surface area contributed by atoms with Gasteiger partial charge in [-0.1, -0.05) is 23.7 Å². The Morgan fingerprint density at radius 3 is 2.47 bits per heavy atom. The summed E-state index contributed by atoms with van der Waals surface area (Å²) in [4.78, 5) is 12.5. The molecule has 6 heteroatoms. The van der Waals surface area contributed by atoms with Crippen molar-refractivity contribution in [2.24, 2.45) is 7.05 Å². The van der Waals surface area contributed by atoms with E-state index in [9.17, 15) is 4.79 Å². The highest BCUT2D eigenvalue weighted by atomic mass is 35.5. The summed E-state index contributed by atoms with van der Waals surface area (Å²) in [5.74, 6) is 1.39. The maximum absolute atomic E-state index is 12.5. The molecule has 0 amide bonds. The van der Waals surface area contributed by atoms with E-state index in [1.807, 2.05) is 51.1 Å². The van der Waals surface area contributed by atoms with Gasteiger partial charge in [0.2, 0.25) is 0 Å². The van der Waals surface area contributed by atoms with E-state index in [4.69, 9.17) is 21.1 Å². The summed E-state index contributed by atoms with van der Waals surface area (Å²) in [7, 11) is 3.42. The number of ether oxygens (including phenoxy) is 2. The highest BCUT2D eigenvalue weighted by Crippen LogP contribution is 2.28. The fraction of sp³-hybridized carbons (Fsp3) is 0.250. The molecule has 156 valence electrons. The lowest BCUT2D eigenvalue weighted by Gasteiger charge is -2.13. The molecule has 5 nitrogen and oxygen atoms in total. The second-order valence-electron chi connectivity index (χ2n) is 7.23. The number of aromatic nitrogens is 2. The molecule has 0 bridgehead atoms. The largest absolute Gasteiger partial charge is 0.496 e. The summed E-state index contributed by atoms with van der Waals surface area (Å²) in [5, 5.41) is 4.97. The van der Waals surface area contributed by atoms with Crippen molar-refractivity contribution in [2.75, 3.05) is 7.11 Å². The zero-order valence-corrected chi connectivity index (χ0v) is 18.6. The molecule has 0 aliphatic rings. The molecule has 1 heterocycles. The third kappa shape index (κ3) is 4.92. The predicted octanol–water partition coefficient (Wildman–Crippen LogP) is 5.48. The van der Waals surface area contributed by atoms with E-state index in [2.05, 4.69) is 5.10 Å². The first kappa shape index (κ1) is 21.7. The molecule has 0 aliphatic carbocycles. The van der Waals surface area contributed by atoms with Crippen LogP contribution in [0.5, 0.6) is 11.5 Å². The van der Waals surface area contributed by atoms with Gasteiger partial charge in [0.15, 0.2) is 5.78 Å². The van der Waals surface area contributed by atoms with E-state index in [0.717, 1.165) is 38.8 Å². The van der Waals surface area contributed by atoms with Crippen LogP contribution in [0.2, 0.25) is 5.02 Å². The molecule has 3 rings (SSSR count). The van der Waals surface area contributed by atoms with Gasteiger partial charge >= 0.3 is 0 Å². The van der Waals surface area contributed by atoms with Crippen molar-refractivity contribution >= 4 is 23.5 Å². The number of nitrogens with zero attached hydrogens (tertiary/aromatic N) is 2. The molecule has 0 fully saturated rings. The lowest BCUT2D eigenvalue weighted by molar-refractivity contribution is 0.104. The lowest BCUT2D eigenvalue weighted by Crippen LogP contribution is -2.00. The van der Waals surface area contributed by atoms with Gasteiger partial charge in [0.05, 0.1) is 18.4 Å². The standard InChI is InChI=1S/C24H25ClN2O3/c1-15-10-20(11-16(2)24(15)25)30-14-19-12-18(7-9-23(19)29-5)6-8-22(28)21-13-27(4)26-17(21)3/h6-13H,14H2,1-5H3/b8-6+. The Bertz CT molecular complexity index is 1090. The number of hydrogen-bond acceptors (Lipinski definition) is 4. The average molecular weight is 425 g/mol. The molecular formula is C24H25ClN2O3. The second-order valence-corrected chi connectivity index (χ2v) is 7.61. The van der Waals surface area contributed by atoms with Crippen LogP contribution in [0, 0.1) is 20.8 Å². The minimum absolute atomic E-state index is 0.0821. The summed E-state index contributed by atoms with van der Waals surface area (Å²) in [6.07, 6.45) is 5.07. The first-order valence-corrected chi connectivity index (χ1v) is 9.95. The number of rotatable bonds is 7. The van der Waals surface area contributed by atoms with Gasteiger partial charge in [-0.25, -0.2) is 0 Å². The van der Waals surface area contributed by atoms with Crippen LogP contribution in [0.4, 0.5) is 0 Å². The maximum atomic E-state index is 12.5. The molecule has 3 aromatic rings. The Labute approximate surface area is 181 Å². The Balaban J connectivity index is 1.78. The molecule has 0 radical (unpaired) electrons. The van der Waals surface area contributed by atoms with Gasteiger partial charge in [-0.2, -0.15) is 5.10 Å². The van der Waals surface area contributed by atoms with Crippen LogP contribution in [-0.4, -0.2) is 22.7 Å². The number of carbonyl (C=O) groups is 1. The van der Waals surface area contributed by atoms with Crippen LogP contribution >= 0.6 is 11.6 Å². The number of ketones is 1. The lowest BCUT2D eigenvalue weighted by atomic mass is 10.1. The van der Waals surface area contributed by atoms with E-state index >= 15 is 0 Å². The summed E-state index contributed by atoms with van der Waals surface area (Å²) in [5.41, 5.74) is 5.02. The molecule has 0 N–H and O–H groups in total. The first-order valence-electron chi connectivity index (χ1n) is 9.57. The third-order valence-electron chi connectivity index (χ3n) is 4.81. The van der Waals surface area contributed by atoms with Gasteiger partial charge in [0.25, 0.3) is 0 Å². The van der Waals surface area contributed by atoms with Crippen molar-refractivity contribution in [2.45, 2.75) is 27.4 Å². The molecular weight excluding hydrogens is 400 g/mol. The number of allylic oxidation sites excluding steroid dienone is 1. The summed E-state index contributed by atoms with van der Waals surface area (Å²) in [6.45, 7) is 6.06. The zero-order valence-electron chi connectivity index (χ0n) is 17.8. The average Bonchev–Trinajstić information content (AvgIpc) is 3.06. The third-order valence-corrected chi connectivity index (χ3v) is 5.41. The molecule has 30 heavy (non-hydrogen) atoms. The number of carbonyl (C=O) groups excluding carboxylic acids is 1.